The molecule has 106 valence electrons. The smallest absolute Gasteiger partial charge is 0.0195 e. The van der Waals surface area contributed by atoms with E-state index < -0.39 is 0 Å². The second-order valence-electron chi connectivity index (χ2n) is 9.01. The van der Waals surface area contributed by atoms with Gasteiger partial charge >= 0.3 is 0 Å². The van der Waals surface area contributed by atoms with Crippen LogP contribution in [0.1, 0.15) is 65.7 Å². The summed E-state index contributed by atoms with van der Waals surface area (Å²) in [5.41, 5.74) is 2.89. The summed E-state index contributed by atoms with van der Waals surface area (Å²) in [5, 5.41) is 0. The lowest BCUT2D eigenvalue weighted by atomic mass is 9.61. The van der Waals surface area contributed by atoms with Gasteiger partial charge in [0.25, 0.3) is 0 Å². The van der Waals surface area contributed by atoms with Gasteiger partial charge in [-0.05, 0) is 78.9 Å². The molecule has 4 fully saturated rings. The topological polar surface area (TPSA) is 0 Å². The molecule has 1 spiro atoms. The molecular weight excluding hydrogens is 228 g/mol. The third-order valence-corrected chi connectivity index (χ3v) is 8.01. The lowest BCUT2D eigenvalue weighted by Crippen LogP contribution is -2.36. The maximum Gasteiger partial charge on any atom is -0.0195 e. The Morgan fingerprint density at radius 1 is 1.16 bits per heavy atom. The predicted octanol–water partition coefficient (Wildman–Crippen LogP) is 5.44. The molecule has 4 aliphatic rings. The number of allylic oxidation sites excluding steroid dienone is 1. The molecule has 0 N–H and O–H groups in total. The SMILES string of the molecule is C=C1CC23CC1CCC2C1CCCC(C)(C)C1C3C. The molecule has 2 bridgehead atoms. The molecule has 0 heteroatoms. The maximum atomic E-state index is 4.44. The van der Waals surface area contributed by atoms with Crippen molar-refractivity contribution in [2.45, 2.75) is 65.7 Å². The van der Waals surface area contributed by atoms with Gasteiger partial charge < -0.3 is 0 Å². The Morgan fingerprint density at radius 2 is 1.95 bits per heavy atom. The second-order valence-corrected chi connectivity index (χ2v) is 9.01. The van der Waals surface area contributed by atoms with Gasteiger partial charge in [0.15, 0.2) is 0 Å². The Morgan fingerprint density at radius 3 is 2.74 bits per heavy atom. The van der Waals surface area contributed by atoms with Crippen molar-refractivity contribution in [1.29, 1.82) is 0 Å². The number of hydrogen-bond acceptors (Lipinski definition) is 0. The highest BCUT2D eigenvalue weighted by Gasteiger charge is 2.65. The van der Waals surface area contributed by atoms with Crippen molar-refractivity contribution in [2.75, 3.05) is 0 Å². The summed E-state index contributed by atoms with van der Waals surface area (Å²) >= 11 is 0. The van der Waals surface area contributed by atoms with Gasteiger partial charge in [-0.3, -0.25) is 0 Å². The molecule has 4 rings (SSSR count). The van der Waals surface area contributed by atoms with E-state index in [-0.39, 0.29) is 0 Å². The normalized spacial score (nSPS) is 54.9. The van der Waals surface area contributed by atoms with E-state index in [9.17, 15) is 0 Å². The van der Waals surface area contributed by atoms with Crippen LogP contribution < -0.4 is 0 Å². The summed E-state index contributed by atoms with van der Waals surface area (Å²) in [6, 6.07) is 0. The van der Waals surface area contributed by atoms with Crippen molar-refractivity contribution < 1.29 is 0 Å². The zero-order valence-corrected chi connectivity index (χ0v) is 13.0. The highest BCUT2D eigenvalue weighted by atomic mass is 14.7. The van der Waals surface area contributed by atoms with E-state index in [0.29, 0.717) is 10.8 Å². The summed E-state index contributed by atoms with van der Waals surface area (Å²) in [4.78, 5) is 0. The molecular formula is C19H30. The maximum absolute atomic E-state index is 4.44. The van der Waals surface area contributed by atoms with Crippen molar-refractivity contribution in [3.63, 3.8) is 0 Å². The molecule has 19 heavy (non-hydrogen) atoms. The van der Waals surface area contributed by atoms with Crippen LogP contribution >= 0.6 is 0 Å². The third kappa shape index (κ3) is 1.41. The summed E-state index contributed by atoms with van der Waals surface area (Å²) < 4.78 is 0. The van der Waals surface area contributed by atoms with Crippen molar-refractivity contribution in [3.8, 4) is 0 Å². The molecule has 0 aliphatic heterocycles. The Hall–Kier alpha value is -0.260. The van der Waals surface area contributed by atoms with Crippen LogP contribution in [0, 0.1) is 40.4 Å². The minimum Gasteiger partial charge on any atom is -0.0996 e. The molecule has 0 saturated heterocycles. The Bertz CT molecular complexity index is 418. The molecule has 0 amide bonds. The molecule has 0 nitrogen and oxygen atoms in total. The van der Waals surface area contributed by atoms with E-state index in [4.69, 9.17) is 0 Å². The first kappa shape index (κ1) is 12.5. The minimum absolute atomic E-state index is 0.591. The first-order valence-corrected chi connectivity index (χ1v) is 8.63. The van der Waals surface area contributed by atoms with Gasteiger partial charge in [0.05, 0.1) is 0 Å². The molecule has 4 saturated carbocycles. The average molecular weight is 258 g/mol. The summed E-state index contributed by atoms with van der Waals surface area (Å²) in [6.07, 6.45) is 10.3. The van der Waals surface area contributed by atoms with Crippen molar-refractivity contribution >= 4 is 0 Å². The summed E-state index contributed by atoms with van der Waals surface area (Å²) in [6.45, 7) is 12.2. The molecule has 0 radical (unpaired) electrons. The number of rotatable bonds is 0. The van der Waals surface area contributed by atoms with Crippen molar-refractivity contribution in [1.82, 2.24) is 0 Å². The lowest BCUT2D eigenvalue weighted by Gasteiger charge is -2.44. The quantitative estimate of drug-likeness (QED) is 0.507. The fourth-order valence-electron chi connectivity index (χ4n) is 7.40. The van der Waals surface area contributed by atoms with E-state index in [2.05, 4.69) is 27.4 Å². The van der Waals surface area contributed by atoms with E-state index >= 15 is 0 Å². The minimum atomic E-state index is 0.591. The Balaban J connectivity index is 1.78. The standard InChI is InChI=1S/C19H30/c1-12-10-19-11-14(12)7-8-16(19)15-6-5-9-18(3,4)17(15)13(19)2/h13-17H,1,5-11H2,2-4H3. The van der Waals surface area contributed by atoms with Crippen LogP contribution in [-0.2, 0) is 0 Å². The largest absolute Gasteiger partial charge is 0.0996 e. The van der Waals surface area contributed by atoms with Gasteiger partial charge in [-0.1, -0.05) is 39.3 Å². The molecule has 0 aromatic rings. The van der Waals surface area contributed by atoms with Crippen LogP contribution in [0.2, 0.25) is 0 Å². The van der Waals surface area contributed by atoms with Gasteiger partial charge in [0.1, 0.15) is 0 Å². The lowest BCUT2D eigenvalue weighted by molar-refractivity contribution is 0.0542. The van der Waals surface area contributed by atoms with Gasteiger partial charge in [-0.2, -0.15) is 0 Å². The van der Waals surface area contributed by atoms with E-state index in [0.717, 1.165) is 29.6 Å². The molecule has 0 heterocycles. The number of fused-ring (bicyclic) bond motifs is 3. The van der Waals surface area contributed by atoms with Crippen molar-refractivity contribution in [2.24, 2.45) is 40.4 Å². The second kappa shape index (κ2) is 3.68. The Labute approximate surface area is 119 Å². The fraction of sp³-hybridized carbons (Fsp3) is 0.895. The van der Waals surface area contributed by atoms with E-state index in [1.807, 2.05) is 0 Å². The Kier molecular flexibility index (Phi) is 2.42. The van der Waals surface area contributed by atoms with Gasteiger partial charge in [-0.25, -0.2) is 0 Å². The van der Waals surface area contributed by atoms with Gasteiger partial charge in [0, 0.05) is 0 Å². The van der Waals surface area contributed by atoms with Crippen molar-refractivity contribution in [3.05, 3.63) is 12.2 Å². The number of hydrogen-bond donors (Lipinski definition) is 0. The highest BCUT2D eigenvalue weighted by molar-refractivity contribution is 5.23. The molecule has 0 aromatic carbocycles. The van der Waals surface area contributed by atoms with Crippen LogP contribution in [0.3, 0.4) is 0 Å². The highest BCUT2D eigenvalue weighted by Crippen LogP contribution is 2.73. The molecule has 6 unspecified atom stereocenters. The fourth-order valence-corrected chi connectivity index (χ4v) is 7.40. The molecule has 4 aliphatic carbocycles. The van der Waals surface area contributed by atoms with Crippen LogP contribution in [0.5, 0.6) is 0 Å². The van der Waals surface area contributed by atoms with Gasteiger partial charge in [-0.15, -0.1) is 0 Å². The first-order chi connectivity index (χ1) is 8.96. The summed E-state index contributed by atoms with van der Waals surface area (Å²) in [5.74, 6) is 4.92. The zero-order chi connectivity index (χ0) is 13.4. The van der Waals surface area contributed by atoms with Gasteiger partial charge in [0.2, 0.25) is 0 Å². The molecule has 0 aromatic heterocycles. The monoisotopic (exact) mass is 258 g/mol. The van der Waals surface area contributed by atoms with Crippen LogP contribution in [0.15, 0.2) is 12.2 Å². The van der Waals surface area contributed by atoms with Crippen LogP contribution in [0.4, 0.5) is 0 Å². The first-order valence-electron chi connectivity index (χ1n) is 8.63. The summed E-state index contributed by atoms with van der Waals surface area (Å²) in [7, 11) is 0. The van der Waals surface area contributed by atoms with Crippen LogP contribution in [0.25, 0.3) is 0 Å². The van der Waals surface area contributed by atoms with E-state index in [1.54, 1.807) is 5.57 Å². The van der Waals surface area contributed by atoms with Crippen LogP contribution in [-0.4, -0.2) is 0 Å². The van der Waals surface area contributed by atoms with E-state index in [1.165, 1.54) is 44.9 Å². The predicted molar refractivity (Wildman–Crippen MR) is 80.8 cm³/mol. The zero-order valence-electron chi connectivity index (χ0n) is 13.0. The third-order valence-electron chi connectivity index (χ3n) is 8.01. The molecule has 6 atom stereocenters. The average Bonchev–Trinajstić information content (AvgIpc) is 2.74.